The first-order chi connectivity index (χ1) is 16.5. The van der Waals surface area contributed by atoms with Crippen LogP contribution in [0, 0.1) is 6.92 Å². The minimum absolute atomic E-state index is 0.0609. The molecule has 0 radical (unpaired) electrons. The molecule has 0 bridgehead atoms. The second-order valence-electron chi connectivity index (χ2n) is 8.40. The Morgan fingerprint density at radius 2 is 1.62 bits per heavy atom. The lowest BCUT2D eigenvalue weighted by molar-refractivity contribution is -0.127. The van der Waals surface area contributed by atoms with E-state index in [9.17, 15) is 14.4 Å². The Kier molecular flexibility index (Phi) is 5.67. The third-order valence-electron chi connectivity index (χ3n) is 6.33. The predicted octanol–water partition coefficient (Wildman–Crippen LogP) is 3.71. The minimum Gasteiger partial charge on any atom is -0.360 e. The molecule has 1 N–H and O–H groups in total. The molecule has 0 atom stereocenters. The van der Waals surface area contributed by atoms with Crippen LogP contribution in [0.3, 0.4) is 0 Å². The lowest BCUT2D eigenvalue weighted by Gasteiger charge is -2.34. The summed E-state index contributed by atoms with van der Waals surface area (Å²) in [7, 11) is 0. The number of piperazine rings is 1. The highest BCUT2D eigenvalue weighted by molar-refractivity contribution is 6.45. The van der Waals surface area contributed by atoms with Gasteiger partial charge in [-0.1, -0.05) is 36.4 Å². The van der Waals surface area contributed by atoms with Gasteiger partial charge in [0.2, 0.25) is 0 Å². The van der Waals surface area contributed by atoms with E-state index in [0.717, 1.165) is 27.6 Å². The molecule has 1 aliphatic heterocycles. The highest BCUT2D eigenvalue weighted by atomic mass is 16.2. The maximum Gasteiger partial charge on any atom is 0.295 e. The highest BCUT2D eigenvalue weighted by Crippen LogP contribution is 2.32. The number of pyridine rings is 1. The van der Waals surface area contributed by atoms with Crippen LogP contribution < -0.4 is 0 Å². The van der Waals surface area contributed by atoms with E-state index >= 15 is 0 Å². The second-order valence-corrected chi connectivity index (χ2v) is 8.40. The van der Waals surface area contributed by atoms with Crippen molar-refractivity contribution in [3.8, 4) is 11.1 Å². The van der Waals surface area contributed by atoms with Crippen molar-refractivity contribution >= 4 is 28.5 Å². The highest BCUT2D eigenvalue weighted by Gasteiger charge is 2.30. The van der Waals surface area contributed by atoms with Crippen LogP contribution in [0.15, 0.2) is 73.2 Å². The molecule has 34 heavy (non-hydrogen) atoms. The monoisotopic (exact) mass is 452 g/mol. The number of ketones is 1. The van der Waals surface area contributed by atoms with Crippen molar-refractivity contribution in [1.29, 1.82) is 0 Å². The number of Topliss-reactive ketones (excluding diaryl/α,β-unsaturated/α-hetero) is 1. The molecule has 2 aromatic heterocycles. The summed E-state index contributed by atoms with van der Waals surface area (Å²) in [6, 6.07) is 16.8. The molecule has 2 amide bonds. The van der Waals surface area contributed by atoms with Crippen LogP contribution in [-0.4, -0.2) is 63.5 Å². The van der Waals surface area contributed by atoms with Crippen molar-refractivity contribution in [3.05, 3.63) is 89.9 Å². The molecule has 4 aromatic rings. The first-order valence-electron chi connectivity index (χ1n) is 11.2. The van der Waals surface area contributed by atoms with Gasteiger partial charge in [0.05, 0.1) is 11.1 Å². The average Bonchev–Trinajstić information content (AvgIpc) is 3.35. The zero-order chi connectivity index (χ0) is 23.7. The van der Waals surface area contributed by atoms with Gasteiger partial charge in [0.25, 0.3) is 17.6 Å². The summed E-state index contributed by atoms with van der Waals surface area (Å²) in [4.78, 5) is 49.7. The smallest absolute Gasteiger partial charge is 0.295 e. The number of fused-ring (bicyclic) bond motifs is 1. The maximum absolute atomic E-state index is 13.3. The molecule has 7 nitrogen and oxygen atoms in total. The third kappa shape index (κ3) is 3.85. The van der Waals surface area contributed by atoms with Gasteiger partial charge < -0.3 is 14.8 Å². The van der Waals surface area contributed by atoms with Gasteiger partial charge in [-0.2, -0.15) is 0 Å². The Hall–Kier alpha value is -4.26. The molecular formula is C27H24N4O3. The number of aromatic amines is 1. The molecule has 5 rings (SSSR count). The van der Waals surface area contributed by atoms with Crippen LogP contribution in [0.2, 0.25) is 0 Å². The first-order valence-corrected chi connectivity index (χ1v) is 11.2. The van der Waals surface area contributed by atoms with Gasteiger partial charge in [-0.15, -0.1) is 0 Å². The van der Waals surface area contributed by atoms with E-state index in [-0.39, 0.29) is 5.91 Å². The Labute approximate surface area is 197 Å². The Balaban J connectivity index is 1.35. The molecule has 0 unspecified atom stereocenters. The van der Waals surface area contributed by atoms with Gasteiger partial charge in [-0.25, -0.2) is 0 Å². The quantitative estimate of drug-likeness (QED) is 0.378. The van der Waals surface area contributed by atoms with Crippen LogP contribution in [0.1, 0.15) is 26.3 Å². The number of carbonyl (C=O) groups is 3. The fraction of sp³-hybridized carbons (Fsp3) is 0.185. The number of nitrogens with zero attached hydrogens (tertiary/aromatic N) is 3. The average molecular weight is 453 g/mol. The normalized spacial score (nSPS) is 13.8. The summed E-state index contributed by atoms with van der Waals surface area (Å²) in [5.41, 5.74) is 4.57. The molecule has 3 heterocycles. The number of hydrogen-bond acceptors (Lipinski definition) is 4. The van der Waals surface area contributed by atoms with Crippen LogP contribution >= 0.6 is 0 Å². The van der Waals surface area contributed by atoms with E-state index in [1.807, 2.05) is 49.4 Å². The first kappa shape index (κ1) is 21.6. The van der Waals surface area contributed by atoms with E-state index in [4.69, 9.17) is 0 Å². The van der Waals surface area contributed by atoms with E-state index in [1.165, 1.54) is 4.90 Å². The van der Waals surface area contributed by atoms with Gasteiger partial charge in [-0.05, 0) is 30.7 Å². The lowest BCUT2D eigenvalue weighted by Crippen LogP contribution is -2.52. The van der Waals surface area contributed by atoms with Crippen molar-refractivity contribution in [2.75, 3.05) is 26.2 Å². The molecule has 1 aliphatic rings. The van der Waals surface area contributed by atoms with E-state index in [0.29, 0.717) is 37.3 Å². The number of hydrogen-bond donors (Lipinski definition) is 1. The molecular weight excluding hydrogens is 428 g/mol. The minimum atomic E-state index is -0.543. The van der Waals surface area contributed by atoms with E-state index in [2.05, 4.69) is 9.97 Å². The Bertz CT molecular complexity index is 1370. The molecule has 0 saturated carbocycles. The fourth-order valence-corrected chi connectivity index (χ4v) is 4.50. The van der Waals surface area contributed by atoms with E-state index < -0.39 is 11.7 Å². The fourth-order valence-electron chi connectivity index (χ4n) is 4.50. The number of H-pyrrole nitrogens is 1. The summed E-state index contributed by atoms with van der Waals surface area (Å²) in [6.07, 6.45) is 5.10. The lowest BCUT2D eigenvalue weighted by atomic mass is 9.98. The largest absolute Gasteiger partial charge is 0.360 e. The molecule has 7 heteroatoms. The van der Waals surface area contributed by atoms with E-state index in [1.54, 1.807) is 35.6 Å². The second kappa shape index (κ2) is 8.94. The molecule has 1 saturated heterocycles. The third-order valence-corrected chi connectivity index (χ3v) is 6.33. The molecule has 0 aliphatic carbocycles. The summed E-state index contributed by atoms with van der Waals surface area (Å²) < 4.78 is 0. The van der Waals surface area contributed by atoms with Crippen LogP contribution in [-0.2, 0) is 4.79 Å². The molecule has 0 spiro atoms. The number of benzene rings is 2. The van der Waals surface area contributed by atoms with Gasteiger partial charge >= 0.3 is 0 Å². The van der Waals surface area contributed by atoms with Crippen LogP contribution in [0.25, 0.3) is 22.0 Å². The zero-order valence-corrected chi connectivity index (χ0v) is 18.8. The number of carbonyl (C=O) groups excluding carboxylic acids is 3. The van der Waals surface area contributed by atoms with Gasteiger partial charge in [0.1, 0.15) is 0 Å². The summed E-state index contributed by atoms with van der Waals surface area (Å²) in [5, 5.41) is 0.748. The van der Waals surface area contributed by atoms with Crippen molar-refractivity contribution in [2.24, 2.45) is 0 Å². The SMILES string of the molecule is Cc1ccc(-c2cccnc2)c2[nH]cc(C(=O)C(=O)N3CCN(C(=O)c4ccccc4)CC3)c12. The van der Waals surface area contributed by atoms with Crippen molar-refractivity contribution in [3.63, 3.8) is 0 Å². The maximum atomic E-state index is 13.3. The topological polar surface area (TPSA) is 86.4 Å². The number of nitrogens with one attached hydrogen (secondary N) is 1. The number of rotatable bonds is 4. The number of aromatic nitrogens is 2. The number of aryl methyl sites for hydroxylation is 1. The molecule has 1 fully saturated rings. The van der Waals surface area contributed by atoms with Crippen molar-refractivity contribution in [2.45, 2.75) is 6.92 Å². The Morgan fingerprint density at radius 3 is 2.32 bits per heavy atom. The summed E-state index contributed by atoms with van der Waals surface area (Å²) in [6.45, 7) is 3.37. The van der Waals surface area contributed by atoms with Crippen molar-refractivity contribution in [1.82, 2.24) is 19.8 Å². The number of amides is 2. The summed E-state index contributed by atoms with van der Waals surface area (Å²) in [5.74, 6) is -1.14. The van der Waals surface area contributed by atoms with Gasteiger partial charge in [0, 0.05) is 66.8 Å². The molecule has 2 aromatic carbocycles. The summed E-state index contributed by atoms with van der Waals surface area (Å²) >= 11 is 0. The van der Waals surface area contributed by atoms with Gasteiger partial charge in [-0.3, -0.25) is 19.4 Å². The molecule has 170 valence electrons. The predicted molar refractivity (Wildman–Crippen MR) is 130 cm³/mol. The van der Waals surface area contributed by atoms with Crippen molar-refractivity contribution < 1.29 is 14.4 Å². The standard InChI is InChI=1S/C27H24N4O3/c1-18-9-10-21(20-8-5-11-28-16-20)24-23(18)22(17-29-24)25(32)27(34)31-14-12-30(13-15-31)26(33)19-6-3-2-4-7-19/h2-11,16-17,29H,12-15H2,1H3. The van der Waals surface area contributed by atoms with Gasteiger partial charge in [0.15, 0.2) is 0 Å². The van der Waals surface area contributed by atoms with Crippen LogP contribution in [0.5, 0.6) is 0 Å². The zero-order valence-electron chi connectivity index (χ0n) is 18.8. The Morgan fingerprint density at radius 1 is 0.882 bits per heavy atom. The van der Waals surface area contributed by atoms with Crippen LogP contribution in [0.4, 0.5) is 0 Å².